The predicted octanol–water partition coefficient (Wildman–Crippen LogP) is 3.60. The number of aromatic nitrogens is 1. The average Bonchev–Trinajstić information content (AvgIpc) is 2.30. The SMILES string of the molecule is CCC(CC)C(C)NC(=O)c1cnc(C)cc1Cl. The van der Waals surface area contributed by atoms with Gasteiger partial charge in [0.05, 0.1) is 10.6 Å². The van der Waals surface area contributed by atoms with E-state index in [2.05, 4.69) is 24.1 Å². The summed E-state index contributed by atoms with van der Waals surface area (Å²) >= 11 is 6.05. The van der Waals surface area contributed by atoms with E-state index < -0.39 is 0 Å². The first-order valence-corrected chi connectivity index (χ1v) is 6.80. The van der Waals surface area contributed by atoms with Gasteiger partial charge in [-0.3, -0.25) is 9.78 Å². The van der Waals surface area contributed by atoms with Crippen LogP contribution in [0.25, 0.3) is 0 Å². The lowest BCUT2D eigenvalue weighted by Crippen LogP contribution is -2.37. The quantitative estimate of drug-likeness (QED) is 0.887. The molecule has 0 saturated heterocycles. The van der Waals surface area contributed by atoms with Gasteiger partial charge in [0.25, 0.3) is 5.91 Å². The molecule has 1 heterocycles. The van der Waals surface area contributed by atoms with Crippen molar-refractivity contribution in [2.45, 2.75) is 46.6 Å². The molecule has 0 aliphatic heterocycles. The number of halogens is 1. The van der Waals surface area contributed by atoms with Crippen molar-refractivity contribution in [2.24, 2.45) is 5.92 Å². The fourth-order valence-corrected chi connectivity index (χ4v) is 2.38. The lowest BCUT2D eigenvalue weighted by Gasteiger charge is -2.22. The Kier molecular flexibility index (Phi) is 5.60. The molecule has 1 aromatic rings. The molecule has 1 aromatic heterocycles. The van der Waals surface area contributed by atoms with Crippen LogP contribution in [0.4, 0.5) is 0 Å². The number of nitrogens with zero attached hydrogens (tertiary/aromatic N) is 1. The summed E-state index contributed by atoms with van der Waals surface area (Å²) < 4.78 is 0. The topological polar surface area (TPSA) is 42.0 Å². The number of hydrogen-bond acceptors (Lipinski definition) is 2. The van der Waals surface area contributed by atoms with Crippen molar-refractivity contribution >= 4 is 17.5 Å². The Balaban J connectivity index is 2.76. The summed E-state index contributed by atoms with van der Waals surface area (Å²) in [6.45, 7) is 8.15. The van der Waals surface area contributed by atoms with Gasteiger partial charge in [0.1, 0.15) is 0 Å². The molecule has 1 atom stereocenters. The number of pyridine rings is 1. The zero-order valence-corrected chi connectivity index (χ0v) is 12.2. The molecule has 0 aliphatic rings. The van der Waals surface area contributed by atoms with Crippen LogP contribution in [-0.2, 0) is 0 Å². The van der Waals surface area contributed by atoms with Gasteiger partial charge in [0.15, 0.2) is 0 Å². The van der Waals surface area contributed by atoms with Crippen molar-refractivity contribution in [3.05, 3.63) is 28.5 Å². The standard InChI is InChI=1S/C14H21ClN2O/c1-5-11(6-2)10(4)17-14(18)12-8-16-9(3)7-13(12)15/h7-8,10-11H,5-6H2,1-4H3,(H,17,18). The van der Waals surface area contributed by atoms with Crippen molar-refractivity contribution in [1.29, 1.82) is 0 Å². The molecule has 0 spiro atoms. The highest BCUT2D eigenvalue weighted by Gasteiger charge is 2.18. The lowest BCUT2D eigenvalue weighted by molar-refractivity contribution is 0.0925. The van der Waals surface area contributed by atoms with Gasteiger partial charge in [0, 0.05) is 17.9 Å². The Morgan fingerprint density at radius 1 is 1.44 bits per heavy atom. The normalized spacial score (nSPS) is 12.6. The number of carbonyl (C=O) groups excluding carboxylic acids is 1. The Morgan fingerprint density at radius 3 is 2.56 bits per heavy atom. The van der Waals surface area contributed by atoms with Gasteiger partial charge in [-0.2, -0.15) is 0 Å². The Bertz CT molecular complexity index is 416. The average molecular weight is 269 g/mol. The van der Waals surface area contributed by atoms with E-state index in [0.717, 1.165) is 18.5 Å². The molecule has 1 rings (SSSR count). The van der Waals surface area contributed by atoms with Crippen LogP contribution >= 0.6 is 11.6 Å². The summed E-state index contributed by atoms with van der Waals surface area (Å²) in [6.07, 6.45) is 3.64. The van der Waals surface area contributed by atoms with Crippen LogP contribution in [0.1, 0.15) is 49.7 Å². The molecule has 0 aliphatic carbocycles. The minimum atomic E-state index is -0.146. The molecule has 0 radical (unpaired) electrons. The van der Waals surface area contributed by atoms with Crippen LogP contribution < -0.4 is 5.32 Å². The first-order valence-electron chi connectivity index (χ1n) is 6.42. The molecule has 1 unspecified atom stereocenters. The second-order valence-electron chi connectivity index (χ2n) is 4.64. The maximum absolute atomic E-state index is 12.1. The molecule has 18 heavy (non-hydrogen) atoms. The molecule has 4 heteroatoms. The van der Waals surface area contributed by atoms with E-state index in [9.17, 15) is 4.79 Å². The molecular weight excluding hydrogens is 248 g/mol. The van der Waals surface area contributed by atoms with Crippen molar-refractivity contribution in [1.82, 2.24) is 10.3 Å². The summed E-state index contributed by atoms with van der Waals surface area (Å²) in [7, 11) is 0. The first-order chi connectivity index (χ1) is 8.49. The highest BCUT2D eigenvalue weighted by Crippen LogP contribution is 2.17. The minimum Gasteiger partial charge on any atom is -0.349 e. The van der Waals surface area contributed by atoms with E-state index >= 15 is 0 Å². The molecule has 3 nitrogen and oxygen atoms in total. The van der Waals surface area contributed by atoms with E-state index in [4.69, 9.17) is 11.6 Å². The predicted molar refractivity (Wildman–Crippen MR) is 75.0 cm³/mol. The molecular formula is C14H21ClN2O. The van der Waals surface area contributed by atoms with E-state index in [1.54, 1.807) is 6.07 Å². The van der Waals surface area contributed by atoms with Crippen molar-refractivity contribution in [3.8, 4) is 0 Å². The summed E-state index contributed by atoms with van der Waals surface area (Å²) in [5, 5.41) is 3.45. The number of carbonyl (C=O) groups is 1. The summed E-state index contributed by atoms with van der Waals surface area (Å²) in [6, 6.07) is 1.85. The van der Waals surface area contributed by atoms with Gasteiger partial charge < -0.3 is 5.32 Å². The van der Waals surface area contributed by atoms with Gasteiger partial charge >= 0.3 is 0 Å². The van der Waals surface area contributed by atoms with E-state index in [1.165, 1.54) is 6.20 Å². The fourth-order valence-electron chi connectivity index (χ4n) is 2.09. The summed E-state index contributed by atoms with van der Waals surface area (Å²) in [5.41, 5.74) is 1.25. The van der Waals surface area contributed by atoms with Crippen LogP contribution in [0.5, 0.6) is 0 Å². The van der Waals surface area contributed by atoms with Gasteiger partial charge in [-0.1, -0.05) is 38.3 Å². The maximum Gasteiger partial charge on any atom is 0.254 e. The van der Waals surface area contributed by atoms with Crippen LogP contribution in [0.15, 0.2) is 12.3 Å². The number of hydrogen-bond donors (Lipinski definition) is 1. The third-order valence-corrected chi connectivity index (χ3v) is 3.66. The fraction of sp³-hybridized carbons (Fsp3) is 0.571. The zero-order valence-electron chi connectivity index (χ0n) is 11.5. The van der Waals surface area contributed by atoms with Crippen LogP contribution in [0, 0.1) is 12.8 Å². The Hall–Kier alpha value is -1.09. The smallest absolute Gasteiger partial charge is 0.254 e. The van der Waals surface area contributed by atoms with Crippen molar-refractivity contribution in [3.63, 3.8) is 0 Å². The molecule has 0 fully saturated rings. The first kappa shape index (κ1) is 15.0. The van der Waals surface area contributed by atoms with Crippen LogP contribution in [0.2, 0.25) is 5.02 Å². The van der Waals surface area contributed by atoms with E-state index in [0.29, 0.717) is 16.5 Å². The Labute approximate surface area is 114 Å². The van der Waals surface area contributed by atoms with Gasteiger partial charge in [-0.25, -0.2) is 0 Å². The van der Waals surface area contributed by atoms with Gasteiger partial charge in [-0.15, -0.1) is 0 Å². The maximum atomic E-state index is 12.1. The monoisotopic (exact) mass is 268 g/mol. The van der Waals surface area contributed by atoms with Gasteiger partial charge in [-0.05, 0) is 25.8 Å². The number of amides is 1. The third kappa shape index (κ3) is 3.70. The van der Waals surface area contributed by atoms with Crippen LogP contribution in [-0.4, -0.2) is 16.9 Å². The van der Waals surface area contributed by atoms with Crippen molar-refractivity contribution in [2.75, 3.05) is 0 Å². The molecule has 0 aromatic carbocycles. The van der Waals surface area contributed by atoms with E-state index in [1.807, 2.05) is 13.8 Å². The van der Waals surface area contributed by atoms with Crippen molar-refractivity contribution < 1.29 is 4.79 Å². The third-order valence-electron chi connectivity index (χ3n) is 3.35. The minimum absolute atomic E-state index is 0.143. The summed E-state index contributed by atoms with van der Waals surface area (Å²) in [4.78, 5) is 16.2. The lowest BCUT2D eigenvalue weighted by atomic mass is 9.95. The molecule has 1 amide bonds. The largest absolute Gasteiger partial charge is 0.349 e. The molecule has 0 bridgehead atoms. The van der Waals surface area contributed by atoms with Gasteiger partial charge in [0.2, 0.25) is 0 Å². The second-order valence-corrected chi connectivity index (χ2v) is 5.05. The Morgan fingerprint density at radius 2 is 2.06 bits per heavy atom. The highest BCUT2D eigenvalue weighted by molar-refractivity contribution is 6.33. The van der Waals surface area contributed by atoms with Crippen LogP contribution in [0.3, 0.4) is 0 Å². The summed E-state index contributed by atoms with van der Waals surface area (Å²) in [5.74, 6) is 0.345. The van der Waals surface area contributed by atoms with E-state index in [-0.39, 0.29) is 11.9 Å². The molecule has 100 valence electrons. The molecule has 1 N–H and O–H groups in total. The highest BCUT2D eigenvalue weighted by atomic mass is 35.5. The number of aryl methyl sites for hydroxylation is 1. The number of nitrogens with one attached hydrogen (secondary N) is 1. The zero-order chi connectivity index (χ0) is 13.7. The second kappa shape index (κ2) is 6.74. The molecule has 0 saturated carbocycles. The number of rotatable bonds is 5.